The van der Waals surface area contributed by atoms with E-state index in [9.17, 15) is 9.18 Å². The number of rotatable bonds is 2. The van der Waals surface area contributed by atoms with Crippen molar-refractivity contribution in [2.75, 3.05) is 5.32 Å². The van der Waals surface area contributed by atoms with Crippen molar-refractivity contribution in [1.82, 2.24) is 10.2 Å². The van der Waals surface area contributed by atoms with Crippen LogP contribution in [-0.2, 0) is 0 Å². The average Bonchev–Trinajstić information content (AvgIpc) is 2.82. The lowest BCUT2D eigenvalue weighted by molar-refractivity contribution is 0.102. The van der Waals surface area contributed by atoms with Gasteiger partial charge in [0, 0.05) is 6.20 Å². The van der Waals surface area contributed by atoms with Crippen molar-refractivity contribution >= 4 is 11.6 Å². The predicted octanol–water partition coefficient (Wildman–Crippen LogP) is 1.67. The van der Waals surface area contributed by atoms with E-state index in [-0.39, 0.29) is 11.3 Å². The second kappa shape index (κ2) is 4.45. The molecule has 2 rings (SSSR count). The summed E-state index contributed by atoms with van der Waals surface area (Å²) in [5, 5.41) is 17.3. The van der Waals surface area contributed by atoms with E-state index >= 15 is 0 Å². The molecule has 0 atom stereocenters. The maximum atomic E-state index is 13.3. The Morgan fingerprint density at radius 2 is 2.35 bits per heavy atom. The van der Waals surface area contributed by atoms with Gasteiger partial charge in [0.25, 0.3) is 5.91 Å². The Bertz CT molecular complexity index is 586. The summed E-state index contributed by atoms with van der Waals surface area (Å²) in [5.41, 5.74) is 0.251. The number of nitrogens with zero attached hydrogens (tertiary/aromatic N) is 2. The quantitative estimate of drug-likeness (QED) is 0.823. The monoisotopic (exact) mass is 230 g/mol. The van der Waals surface area contributed by atoms with Crippen LogP contribution in [0.3, 0.4) is 0 Å². The smallest absolute Gasteiger partial charge is 0.258 e. The van der Waals surface area contributed by atoms with Crippen molar-refractivity contribution in [2.24, 2.45) is 0 Å². The third-order valence-electron chi connectivity index (χ3n) is 2.13. The van der Waals surface area contributed by atoms with Crippen molar-refractivity contribution in [2.45, 2.75) is 0 Å². The van der Waals surface area contributed by atoms with Gasteiger partial charge >= 0.3 is 0 Å². The lowest BCUT2D eigenvalue weighted by Gasteiger charge is -2.05. The molecule has 0 aliphatic heterocycles. The summed E-state index contributed by atoms with van der Waals surface area (Å²) < 4.78 is 13.3. The molecule has 2 N–H and O–H groups in total. The number of anilines is 1. The number of hydrogen-bond acceptors (Lipinski definition) is 3. The van der Waals surface area contributed by atoms with Gasteiger partial charge in [-0.25, -0.2) is 4.39 Å². The number of amides is 1. The van der Waals surface area contributed by atoms with Gasteiger partial charge in [0.1, 0.15) is 17.4 Å². The van der Waals surface area contributed by atoms with Crippen LogP contribution in [0, 0.1) is 17.1 Å². The molecule has 0 fully saturated rings. The van der Waals surface area contributed by atoms with Crippen LogP contribution in [0.15, 0.2) is 30.6 Å². The molecule has 0 radical (unpaired) electrons. The number of carbonyl (C=O) groups is 1. The van der Waals surface area contributed by atoms with Gasteiger partial charge in [0.15, 0.2) is 0 Å². The molecule has 2 aromatic rings. The lowest BCUT2D eigenvalue weighted by atomic mass is 10.1. The number of carbonyl (C=O) groups excluding carboxylic acids is 1. The Morgan fingerprint density at radius 1 is 1.53 bits per heavy atom. The minimum absolute atomic E-state index is 0.138. The SMILES string of the molecule is N#Cc1c(F)cccc1NC(=O)c1cn[nH]c1. The molecular formula is C11H7FN4O. The van der Waals surface area contributed by atoms with E-state index < -0.39 is 11.7 Å². The van der Waals surface area contributed by atoms with Crippen LogP contribution in [0.1, 0.15) is 15.9 Å². The molecular weight excluding hydrogens is 223 g/mol. The van der Waals surface area contributed by atoms with Crippen molar-refractivity contribution in [1.29, 1.82) is 5.26 Å². The van der Waals surface area contributed by atoms with Gasteiger partial charge in [0.05, 0.1) is 17.4 Å². The van der Waals surface area contributed by atoms with Gasteiger partial charge < -0.3 is 5.32 Å². The molecule has 17 heavy (non-hydrogen) atoms. The fourth-order valence-corrected chi connectivity index (χ4v) is 1.31. The molecule has 5 nitrogen and oxygen atoms in total. The van der Waals surface area contributed by atoms with Crippen molar-refractivity contribution in [3.63, 3.8) is 0 Å². The maximum absolute atomic E-state index is 13.3. The minimum Gasteiger partial charge on any atom is -0.321 e. The Balaban J connectivity index is 2.29. The lowest BCUT2D eigenvalue weighted by Crippen LogP contribution is -2.12. The van der Waals surface area contributed by atoms with E-state index in [1.807, 2.05) is 0 Å². The summed E-state index contributed by atoms with van der Waals surface area (Å²) in [4.78, 5) is 11.7. The maximum Gasteiger partial charge on any atom is 0.258 e. The molecule has 1 aromatic carbocycles. The first-order chi connectivity index (χ1) is 8.22. The number of aromatic amines is 1. The fourth-order valence-electron chi connectivity index (χ4n) is 1.31. The largest absolute Gasteiger partial charge is 0.321 e. The molecule has 0 spiro atoms. The van der Waals surface area contributed by atoms with Gasteiger partial charge in [-0.3, -0.25) is 9.89 Å². The summed E-state index contributed by atoms with van der Waals surface area (Å²) in [6.07, 6.45) is 2.74. The van der Waals surface area contributed by atoms with E-state index in [4.69, 9.17) is 5.26 Å². The predicted molar refractivity (Wildman–Crippen MR) is 57.7 cm³/mol. The third-order valence-corrected chi connectivity index (χ3v) is 2.13. The Morgan fingerprint density at radius 3 is 3.00 bits per heavy atom. The average molecular weight is 230 g/mol. The Hall–Kier alpha value is -2.68. The molecule has 0 aliphatic rings. The van der Waals surface area contributed by atoms with Crippen LogP contribution in [0.2, 0.25) is 0 Å². The number of halogens is 1. The summed E-state index contributed by atoms with van der Waals surface area (Å²) in [5.74, 6) is -1.13. The molecule has 0 bridgehead atoms. The summed E-state index contributed by atoms with van der Waals surface area (Å²) >= 11 is 0. The van der Waals surface area contributed by atoms with E-state index in [1.165, 1.54) is 24.5 Å². The second-order valence-corrected chi connectivity index (χ2v) is 3.22. The van der Waals surface area contributed by atoms with Gasteiger partial charge in [0.2, 0.25) is 0 Å². The Labute approximate surface area is 95.9 Å². The van der Waals surface area contributed by atoms with Crippen LogP contribution in [0.5, 0.6) is 0 Å². The number of benzene rings is 1. The summed E-state index contributed by atoms with van der Waals surface area (Å²) in [6, 6.07) is 5.74. The number of H-pyrrole nitrogens is 1. The minimum atomic E-state index is -0.669. The number of nitriles is 1. The fraction of sp³-hybridized carbons (Fsp3) is 0. The normalized spacial score (nSPS) is 9.65. The van der Waals surface area contributed by atoms with Crippen LogP contribution in [0.4, 0.5) is 10.1 Å². The highest BCUT2D eigenvalue weighted by Crippen LogP contribution is 2.18. The number of nitrogens with one attached hydrogen (secondary N) is 2. The summed E-state index contributed by atoms with van der Waals surface area (Å²) in [7, 11) is 0. The van der Waals surface area contributed by atoms with Crippen molar-refractivity contribution in [3.05, 3.63) is 47.5 Å². The zero-order valence-electron chi connectivity index (χ0n) is 8.57. The standard InChI is InChI=1S/C11H7FN4O/c12-9-2-1-3-10(8(9)4-13)16-11(17)7-5-14-15-6-7/h1-3,5-6H,(H,14,15)(H,16,17). The van der Waals surface area contributed by atoms with Gasteiger partial charge in [-0.1, -0.05) is 6.07 Å². The molecule has 0 saturated carbocycles. The molecule has 1 heterocycles. The highest BCUT2D eigenvalue weighted by Gasteiger charge is 2.12. The van der Waals surface area contributed by atoms with Gasteiger partial charge in [-0.15, -0.1) is 0 Å². The van der Waals surface area contributed by atoms with Crippen molar-refractivity contribution in [3.8, 4) is 6.07 Å². The van der Waals surface area contributed by atoms with E-state index in [0.29, 0.717) is 5.56 Å². The van der Waals surface area contributed by atoms with E-state index in [0.717, 1.165) is 6.07 Å². The number of hydrogen-bond donors (Lipinski definition) is 2. The van der Waals surface area contributed by atoms with Crippen LogP contribution < -0.4 is 5.32 Å². The molecule has 84 valence electrons. The Kier molecular flexibility index (Phi) is 2.83. The molecule has 0 unspecified atom stereocenters. The topological polar surface area (TPSA) is 81.6 Å². The highest BCUT2D eigenvalue weighted by atomic mass is 19.1. The third kappa shape index (κ3) is 2.13. The van der Waals surface area contributed by atoms with Gasteiger partial charge in [-0.05, 0) is 12.1 Å². The zero-order chi connectivity index (χ0) is 12.3. The van der Waals surface area contributed by atoms with Crippen LogP contribution in [0.25, 0.3) is 0 Å². The van der Waals surface area contributed by atoms with Crippen LogP contribution in [-0.4, -0.2) is 16.1 Å². The zero-order valence-corrected chi connectivity index (χ0v) is 8.57. The van der Waals surface area contributed by atoms with E-state index in [1.54, 1.807) is 6.07 Å². The van der Waals surface area contributed by atoms with Crippen molar-refractivity contribution < 1.29 is 9.18 Å². The van der Waals surface area contributed by atoms with Gasteiger partial charge in [-0.2, -0.15) is 10.4 Å². The highest BCUT2D eigenvalue weighted by molar-refractivity contribution is 6.04. The summed E-state index contributed by atoms with van der Waals surface area (Å²) in [6.45, 7) is 0. The molecule has 0 saturated heterocycles. The first kappa shape index (κ1) is 10.8. The van der Waals surface area contributed by atoms with Crippen LogP contribution >= 0.6 is 0 Å². The molecule has 0 aliphatic carbocycles. The first-order valence-corrected chi connectivity index (χ1v) is 4.71. The van der Waals surface area contributed by atoms with E-state index in [2.05, 4.69) is 15.5 Å². The molecule has 1 aromatic heterocycles. The first-order valence-electron chi connectivity index (χ1n) is 4.71. The number of aromatic nitrogens is 2. The second-order valence-electron chi connectivity index (χ2n) is 3.22. The molecule has 6 heteroatoms. The molecule has 1 amide bonds.